The van der Waals surface area contributed by atoms with Crippen molar-refractivity contribution in [2.75, 3.05) is 0 Å². The highest BCUT2D eigenvalue weighted by Gasteiger charge is 2.42. The molecule has 0 bridgehead atoms. The molecule has 98 valence electrons. The van der Waals surface area contributed by atoms with Gasteiger partial charge < -0.3 is 9.72 Å². The highest BCUT2D eigenvalue weighted by Crippen LogP contribution is 2.34. The second kappa shape index (κ2) is 4.25. The lowest BCUT2D eigenvalue weighted by Gasteiger charge is -2.14. The van der Waals surface area contributed by atoms with Crippen LogP contribution in [0, 0.1) is 11.3 Å². The largest absolute Gasteiger partial charge is 0.573 e. The zero-order valence-corrected chi connectivity index (χ0v) is 8.11. The number of nitrogens with zero attached hydrogens (tertiary/aromatic N) is 1. The molecule has 0 atom stereocenters. The third-order valence-electron chi connectivity index (χ3n) is 1.61. The van der Waals surface area contributed by atoms with Crippen molar-refractivity contribution in [3.05, 3.63) is 27.7 Å². The van der Waals surface area contributed by atoms with E-state index in [1.165, 1.54) is 11.1 Å². The number of rotatable bonds is 1. The SMILES string of the molecule is N#Cc1cc(=O)c(OC(F)(F)F)c(C(F)(F)F)[nH]1. The molecule has 0 amide bonds. The number of hydrogen-bond acceptors (Lipinski definition) is 3. The minimum atomic E-state index is -5.46. The topological polar surface area (TPSA) is 65.9 Å². The van der Waals surface area contributed by atoms with Crippen molar-refractivity contribution in [2.24, 2.45) is 0 Å². The fourth-order valence-electron chi connectivity index (χ4n) is 1.02. The summed E-state index contributed by atoms with van der Waals surface area (Å²) in [6.45, 7) is 0. The summed E-state index contributed by atoms with van der Waals surface area (Å²) in [6.07, 6.45) is -10.8. The number of H-pyrrole nitrogens is 1. The van der Waals surface area contributed by atoms with E-state index in [1.807, 2.05) is 0 Å². The monoisotopic (exact) mass is 272 g/mol. The first-order valence-corrected chi connectivity index (χ1v) is 4.05. The van der Waals surface area contributed by atoms with E-state index in [4.69, 9.17) is 5.26 Å². The second-order valence-corrected chi connectivity index (χ2v) is 2.91. The molecule has 0 aliphatic heterocycles. The summed E-state index contributed by atoms with van der Waals surface area (Å²) in [4.78, 5) is 12.4. The number of aromatic amines is 1. The van der Waals surface area contributed by atoms with Gasteiger partial charge in [-0.25, -0.2) is 0 Å². The number of alkyl halides is 6. The van der Waals surface area contributed by atoms with Crippen molar-refractivity contribution in [1.29, 1.82) is 5.26 Å². The first-order valence-electron chi connectivity index (χ1n) is 4.05. The molecule has 0 spiro atoms. The van der Waals surface area contributed by atoms with Crippen molar-refractivity contribution >= 4 is 0 Å². The van der Waals surface area contributed by atoms with Gasteiger partial charge in [-0.15, -0.1) is 13.2 Å². The molecule has 1 aromatic heterocycles. The summed E-state index contributed by atoms with van der Waals surface area (Å²) in [6, 6.07) is 1.45. The highest BCUT2D eigenvalue weighted by atomic mass is 19.4. The molecule has 0 saturated carbocycles. The number of nitriles is 1. The minimum absolute atomic E-state index is 0.274. The molecule has 0 aliphatic carbocycles. The van der Waals surface area contributed by atoms with E-state index in [-0.39, 0.29) is 6.07 Å². The number of hydrogen-bond donors (Lipinski definition) is 1. The van der Waals surface area contributed by atoms with Crippen LogP contribution in [0.1, 0.15) is 11.4 Å². The van der Waals surface area contributed by atoms with Gasteiger partial charge in [0.25, 0.3) is 0 Å². The van der Waals surface area contributed by atoms with Gasteiger partial charge >= 0.3 is 12.5 Å². The Kier molecular flexibility index (Phi) is 3.27. The van der Waals surface area contributed by atoms with Crippen molar-refractivity contribution in [3.8, 4) is 11.8 Å². The normalized spacial score (nSPS) is 12.1. The molecule has 0 aromatic carbocycles. The fraction of sp³-hybridized carbons (Fsp3) is 0.250. The molecular weight excluding hydrogens is 270 g/mol. The lowest BCUT2D eigenvalue weighted by Crippen LogP contribution is -2.26. The number of halogens is 6. The van der Waals surface area contributed by atoms with Crippen molar-refractivity contribution in [1.82, 2.24) is 4.98 Å². The Morgan fingerprint density at radius 2 is 1.78 bits per heavy atom. The minimum Gasteiger partial charge on any atom is -0.399 e. The maximum absolute atomic E-state index is 12.4. The Morgan fingerprint density at radius 1 is 1.22 bits per heavy atom. The fourth-order valence-corrected chi connectivity index (χ4v) is 1.02. The third-order valence-corrected chi connectivity index (χ3v) is 1.61. The van der Waals surface area contributed by atoms with Crippen LogP contribution in [0.3, 0.4) is 0 Å². The van der Waals surface area contributed by atoms with Crippen molar-refractivity contribution in [2.45, 2.75) is 12.5 Å². The predicted molar refractivity (Wildman–Crippen MR) is 43.5 cm³/mol. The van der Waals surface area contributed by atoms with Gasteiger partial charge in [-0.2, -0.15) is 18.4 Å². The number of pyridine rings is 1. The predicted octanol–water partition coefficient (Wildman–Crippen LogP) is 2.16. The van der Waals surface area contributed by atoms with Crippen molar-refractivity contribution in [3.63, 3.8) is 0 Å². The Morgan fingerprint density at radius 3 is 2.17 bits per heavy atom. The first-order chi connectivity index (χ1) is 8.04. The summed E-state index contributed by atoms with van der Waals surface area (Å²) in [5.74, 6) is -1.95. The first kappa shape index (κ1) is 13.9. The van der Waals surface area contributed by atoms with E-state index in [0.29, 0.717) is 0 Å². The Bertz CT molecular complexity index is 551. The van der Waals surface area contributed by atoms with Crippen LogP contribution in [0.15, 0.2) is 10.9 Å². The summed E-state index contributed by atoms with van der Waals surface area (Å²) in [5, 5.41) is 8.33. The molecule has 1 rings (SSSR count). The van der Waals surface area contributed by atoms with E-state index in [1.54, 1.807) is 0 Å². The average Bonchev–Trinajstić information content (AvgIpc) is 2.17. The average molecular weight is 272 g/mol. The quantitative estimate of drug-likeness (QED) is 0.796. The lowest BCUT2D eigenvalue weighted by atomic mass is 10.2. The smallest absolute Gasteiger partial charge is 0.399 e. The van der Waals surface area contributed by atoms with Gasteiger partial charge in [-0.3, -0.25) is 4.79 Å². The van der Waals surface area contributed by atoms with Crippen LogP contribution in [0.2, 0.25) is 0 Å². The third kappa shape index (κ3) is 3.16. The molecule has 1 heterocycles. The molecular formula is C8H2F6N2O2. The van der Waals surface area contributed by atoms with Crippen molar-refractivity contribution < 1.29 is 31.1 Å². The molecule has 10 heteroatoms. The zero-order valence-electron chi connectivity index (χ0n) is 8.11. The molecule has 0 radical (unpaired) electrons. The second-order valence-electron chi connectivity index (χ2n) is 2.91. The molecule has 1 N–H and O–H groups in total. The van der Waals surface area contributed by atoms with Gasteiger partial charge in [0.05, 0.1) is 0 Å². The standard InChI is InChI=1S/C8H2F6N2O2/c9-7(10,11)6-5(18-8(12,13)14)4(17)1-3(2-15)16-6/h1H,(H,16,17). The maximum Gasteiger partial charge on any atom is 0.573 e. The van der Waals surface area contributed by atoms with E-state index in [0.717, 1.165) is 0 Å². The van der Waals surface area contributed by atoms with Crippen LogP contribution in [-0.2, 0) is 6.18 Å². The van der Waals surface area contributed by atoms with Gasteiger partial charge in [0, 0.05) is 6.07 Å². The van der Waals surface area contributed by atoms with E-state index >= 15 is 0 Å². The van der Waals surface area contributed by atoms with Gasteiger partial charge in [-0.05, 0) is 0 Å². The molecule has 18 heavy (non-hydrogen) atoms. The summed E-state index contributed by atoms with van der Waals surface area (Å²) in [5.41, 5.74) is -4.60. The van der Waals surface area contributed by atoms with Gasteiger partial charge in [0.2, 0.25) is 11.2 Å². The highest BCUT2D eigenvalue weighted by molar-refractivity contribution is 5.35. The number of ether oxygens (including phenoxy) is 1. The van der Waals surface area contributed by atoms with Gasteiger partial charge in [0.1, 0.15) is 11.8 Å². The van der Waals surface area contributed by atoms with Crippen LogP contribution < -0.4 is 10.2 Å². The number of aromatic nitrogens is 1. The van der Waals surface area contributed by atoms with Crippen LogP contribution in [0.25, 0.3) is 0 Å². The maximum atomic E-state index is 12.4. The summed E-state index contributed by atoms with van der Waals surface area (Å²) in [7, 11) is 0. The Balaban J connectivity index is 3.50. The zero-order chi connectivity index (χ0) is 14.1. The molecule has 0 unspecified atom stereocenters. The summed E-state index contributed by atoms with van der Waals surface area (Å²) < 4.78 is 75.8. The molecule has 4 nitrogen and oxygen atoms in total. The lowest BCUT2D eigenvalue weighted by molar-refractivity contribution is -0.276. The van der Waals surface area contributed by atoms with Crippen LogP contribution in [0.4, 0.5) is 26.3 Å². The van der Waals surface area contributed by atoms with Crippen LogP contribution >= 0.6 is 0 Å². The Labute approximate surface area is 94.4 Å². The van der Waals surface area contributed by atoms with Gasteiger partial charge in [-0.1, -0.05) is 0 Å². The summed E-state index contributed by atoms with van der Waals surface area (Å²) >= 11 is 0. The molecule has 0 saturated heterocycles. The van der Waals surface area contributed by atoms with Gasteiger partial charge in [0.15, 0.2) is 5.69 Å². The van der Waals surface area contributed by atoms with Crippen LogP contribution in [-0.4, -0.2) is 11.3 Å². The molecule has 0 fully saturated rings. The Hall–Kier alpha value is -2.18. The number of nitrogens with one attached hydrogen (secondary N) is 1. The van der Waals surface area contributed by atoms with E-state index < -0.39 is 35.1 Å². The van der Waals surface area contributed by atoms with E-state index in [9.17, 15) is 31.1 Å². The van der Waals surface area contributed by atoms with E-state index in [2.05, 4.69) is 4.74 Å². The molecule has 1 aromatic rings. The molecule has 0 aliphatic rings. The van der Waals surface area contributed by atoms with Crippen LogP contribution in [0.5, 0.6) is 5.75 Å².